The summed E-state index contributed by atoms with van der Waals surface area (Å²) in [7, 11) is 2.94. The molecule has 1 aliphatic rings. The molecule has 0 aromatic heterocycles. The minimum Gasteiger partial charge on any atom is -0.495 e. The van der Waals surface area contributed by atoms with Crippen LogP contribution in [0.1, 0.15) is 18.4 Å². The van der Waals surface area contributed by atoms with E-state index in [1.54, 1.807) is 12.0 Å². The molecule has 176 valence electrons. The van der Waals surface area contributed by atoms with Gasteiger partial charge in [-0.2, -0.15) is 0 Å². The first kappa shape index (κ1) is 24.1. The molecule has 1 fully saturated rings. The minimum absolute atomic E-state index is 0.0217. The Kier molecular flexibility index (Phi) is 8.69. The number of anilines is 1. The summed E-state index contributed by atoms with van der Waals surface area (Å²) in [5, 5.41) is 2.71. The second kappa shape index (κ2) is 11.9. The average molecular weight is 454 g/mol. The molecule has 0 spiro atoms. The molecule has 0 radical (unpaired) electrons. The lowest BCUT2D eigenvalue weighted by atomic mass is 10.1. The van der Waals surface area contributed by atoms with Crippen LogP contribution in [0, 0.1) is 0 Å². The lowest BCUT2D eigenvalue weighted by molar-refractivity contribution is -0.145. The molecule has 8 nitrogen and oxygen atoms in total. The van der Waals surface area contributed by atoms with Gasteiger partial charge in [0.25, 0.3) is 0 Å². The fourth-order valence-electron chi connectivity index (χ4n) is 3.92. The number of benzene rings is 2. The molecule has 1 saturated heterocycles. The molecule has 1 aliphatic heterocycles. The number of carbonyl (C=O) groups excluding carboxylic acids is 3. The van der Waals surface area contributed by atoms with E-state index in [1.165, 1.54) is 7.11 Å². The lowest BCUT2D eigenvalue weighted by Crippen LogP contribution is -2.49. The van der Waals surface area contributed by atoms with Gasteiger partial charge in [-0.25, -0.2) is 4.79 Å². The van der Waals surface area contributed by atoms with Gasteiger partial charge in [0.05, 0.1) is 19.9 Å². The molecule has 0 bridgehead atoms. The number of rotatable bonds is 9. The minimum atomic E-state index is -0.788. The highest BCUT2D eigenvalue weighted by Gasteiger charge is 2.25. The number of nitrogens with one attached hydrogen (secondary N) is 1. The van der Waals surface area contributed by atoms with Crippen molar-refractivity contribution in [3.05, 3.63) is 60.2 Å². The molecule has 8 heteroatoms. The van der Waals surface area contributed by atoms with Crippen LogP contribution in [0.25, 0.3) is 0 Å². The van der Waals surface area contributed by atoms with Crippen LogP contribution < -0.4 is 15.0 Å². The third-order valence-corrected chi connectivity index (χ3v) is 5.73. The van der Waals surface area contributed by atoms with Crippen LogP contribution in [-0.4, -0.2) is 69.1 Å². The van der Waals surface area contributed by atoms with E-state index in [0.717, 1.165) is 17.0 Å². The predicted molar refractivity (Wildman–Crippen MR) is 125 cm³/mol. The van der Waals surface area contributed by atoms with E-state index in [2.05, 4.69) is 10.2 Å². The van der Waals surface area contributed by atoms with Gasteiger partial charge in [0.1, 0.15) is 11.8 Å². The van der Waals surface area contributed by atoms with E-state index in [0.29, 0.717) is 32.6 Å². The van der Waals surface area contributed by atoms with Crippen molar-refractivity contribution in [3.63, 3.8) is 0 Å². The van der Waals surface area contributed by atoms with Crippen LogP contribution in [0.2, 0.25) is 0 Å². The maximum absolute atomic E-state index is 12.6. The summed E-state index contributed by atoms with van der Waals surface area (Å²) in [4.78, 5) is 41.2. The molecule has 2 aromatic rings. The number of hydrogen-bond acceptors (Lipinski definition) is 6. The Morgan fingerprint density at radius 3 is 2.24 bits per heavy atom. The van der Waals surface area contributed by atoms with E-state index < -0.39 is 12.0 Å². The molecular weight excluding hydrogens is 422 g/mol. The molecule has 1 unspecified atom stereocenters. The second-order valence-corrected chi connectivity index (χ2v) is 7.87. The molecule has 2 aromatic carbocycles. The van der Waals surface area contributed by atoms with Crippen molar-refractivity contribution >= 4 is 23.5 Å². The number of piperazine rings is 1. The van der Waals surface area contributed by atoms with Crippen molar-refractivity contribution in [2.45, 2.75) is 25.3 Å². The Bertz CT molecular complexity index is 942. The van der Waals surface area contributed by atoms with Crippen LogP contribution in [0.3, 0.4) is 0 Å². The predicted octanol–water partition coefficient (Wildman–Crippen LogP) is 2.02. The van der Waals surface area contributed by atoms with E-state index in [-0.39, 0.29) is 24.7 Å². The number of hydrogen-bond donors (Lipinski definition) is 1. The van der Waals surface area contributed by atoms with E-state index in [1.807, 2.05) is 54.6 Å². The number of amides is 2. The maximum atomic E-state index is 12.6. The van der Waals surface area contributed by atoms with Gasteiger partial charge >= 0.3 is 5.97 Å². The quantitative estimate of drug-likeness (QED) is 0.585. The standard InChI is InChI=1S/C25H31N3O5/c1-32-22-11-7-6-10-21(22)27-14-16-28(17-15-27)24(30)13-12-23(29)26-20(25(31)33-2)18-19-8-4-3-5-9-19/h3-11,20H,12-18H2,1-2H3,(H,26,29). The fourth-order valence-corrected chi connectivity index (χ4v) is 3.92. The highest BCUT2D eigenvalue weighted by atomic mass is 16.5. The molecule has 1 N–H and O–H groups in total. The first-order chi connectivity index (χ1) is 16.0. The largest absolute Gasteiger partial charge is 0.495 e. The summed E-state index contributed by atoms with van der Waals surface area (Å²) in [6.45, 7) is 2.55. The third kappa shape index (κ3) is 6.71. The number of nitrogens with zero attached hydrogens (tertiary/aromatic N) is 2. The SMILES string of the molecule is COC(=O)C(Cc1ccccc1)NC(=O)CCC(=O)N1CCN(c2ccccc2OC)CC1. The van der Waals surface area contributed by atoms with Gasteiger partial charge < -0.3 is 24.6 Å². The highest BCUT2D eigenvalue weighted by molar-refractivity contribution is 5.87. The van der Waals surface area contributed by atoms with Crippen molar-refractivity contribution in [1.29, 1.82) is 0 Å². The topological polar surface area (TPSA) is 88.2 Å². The monoisotopic (exact) mass is 453 g/mol. The van der Waals surface area contributed by atoms with Crippen molar-refractivity contribution in [3.8, 4) is 5.75 Å². The molecular formula is C25H31N3O5. The van der Waals surface area contributed by atoms with Crippen molar-refractivity contribution < 1.29 is 23.9 Å². The lowest BCUT2D eigenvalue weighted by Gasteiger charge is -2.36. The fraction of sp³-hybridized carbons (Fsp3) is 0.400. The summed E-state index contributed by atoms with van der Waals surface area (Å²) in [6.07, 6.45) is 0.450. The first-order valence-electron chi connectivity index (χ1n) is 11.1. The van der Waals surface area contributed by atoms with Gasteiger partial charge in [-0.1, -0.05) is 42.5 Å². The zero-order valence-corrected chi connectivity index (χ0v) is 19.2. The Morgan fingerprint density at radius 2 is 1.58 bits per heavy atom. The molecule has 2 amide bonds. The van der Waals surface area contributed by atoms with Crippen LogP contribution in [0.15, 0.2) is 54.6 Å². The number of ether oxygens (including phenoxy) is 2. The van der Waals surface area contributed by atoms with Gasteiger partial charge in [-0.3, -0.25) is 9.59 Å². The van der Waals surface area contributed by atoms with Gasteiger partial charge in [0, 0.05) is 45.4 Å². The maximum Gasteiger partial charge on any atom is 0.328 e. The molecule has 3 rings (SSSR count). The summed E-state index contributed by atoms with van der Waals surface area (Å²) < 4.78 is 10.3. The van der Waals surface area contributed by atoms with Crippen molar-refractivity contribution in [2.24, 2.45) is 0 Å². The van der Waals surface area contributed by atoms with E-state index in [9.17, 15) is 14.4 Å². The van der Waals surface area contributed by atoms with Gasteiger partial charge in [0.2, 0.25) is 11.8 Å². The molecule has 0 saturated carbocycles. The zero-order valence-electron chi connectivity index (χ0n) is 19.2. The molecule has 1 heterocycles. The van der Waals surface area contributed by atoms with Gasteiger partial charge in [-0.05, 0) is 17.7 Å². The Morgan fingerprint density at radius 1 is 0.909 bits per heavy atom. The van der Waals surface area contributed by atoms with E-state index >= 15 is 0 Å². The van der Waals surface area contributed by atoms with Crippen LogP contribution in [0.4, 0.5) is 5.69 Å². The third-order valence-electron chi connectivity index (χ3n) is 5.73. The smallest absolute Gasteiger partial charge is 0.328 e. The van der Waals surface area contributed by atoms with Gasteiger partial charge in [0.15, 0.2) is 0 Å². The number of esters is 1. The molecule has 1 atom stereocenters. The number of carbonyl (C=O) groups is 3. The second-order valence-electron chi connectivity index (χ2n) is 7.87. The van der Waals surface area contributed by atoms with Crippen molar-refractivity contribution in [1.82, 2.24) is 10.2 Å². The van der Waals surface area contributed by atoms with Gasteiger partial charge in [-0.15, -0.1) is 0 Å². The molecule has 0 aliphatic carbocycles. The van der Waals surface area contributed by atoms with Crippen LogP contribution in [0.5, 0.6) is 5.75 Å². The summed E-state index contributed by atoms with van der Waals surface area (Å²) >= 11 is 0. The zero-order chi connectivity index (χ0) is 23.6. The summed E-state index contributed by atoms with van der Waals surface area (Å²) in [6, 6.07) is 16.4. The molecule has 33 heavy (non-hydrogen) atoms. The summed E-state index contributed by atoms with van der Waals surface area (Å²) in [5.41, 5.74) is 1.93. The highest BCUT2D eigenvalue weighted by Crippen LogP contribution is 2.28. The first-order valence-corrected chi connectivity index (χ1v) is 11.1. The van der Waals surface area contributed by atoms with Crippen LogP contribution >= 0.6 is 0 Å². The number of methoxy groups -OCH3 is 2. The Labute approximate surface area is 194 Å². The normalized spacial score (nSPS) is 14.4. The Balaban J connectivity index is 1.47. The van der Waals surface area contributed by atoms with Crippen LogP contribution in [-0.2, 0) is 25.5 Å². The Hall–Kier alpha value is -3.55. The number of para-hydroxylation sites is 2. The van der Waals surface area contributed by atoms with E-state index in [4.69, 9.17) is 9.47 Å². The van der Waals surface area contributed by atoms with Crippen molar-refractivity contribution in [2.75, 3.05) is 45.3 Å². The summed E-state index contributed by atoms with van der Waals surface area (Å²) in [5.74, 6) is -0.111. The average Bonchev–Trinajstić information content (AvgIpc) is 2.87.